The van der Waals surface area contributed by atoms with Gasteiger partial charge >= 0.3 is 11.5 Å². The maximum absolute atomic E-state index is 10.4. The van der Waals surface area contributed by atoms with E-state index in [1.807, 2.05) is 10.4 Å². The molecule has 0 atom stereocenters. The molecule has 1 aromatic rings. The maximum Gasteiger partial charge on any atom is 0.424 e. The number of rotatable bonds is 4. The largest absolute Gasteiger partial charge is 0.424 e. The molecule has 0 aliphatic heterocycles. The van der Waals surface area contributed by atoms with Gasteiger partial charge in [-0.2, -0.15) is 0 Å². The molecule has 10 nitrogen and oxygen atoms in total. The standard InChI is InChI=1S/C4H3N5O5/c10-1-5-3-2(8(11)12)4(7-6-3)9(13)14/h1H,(H2,5,6,7,10). The Hall–Kier alpha value is -2.52. The number of amides is 1. The Morgan fingerprint density at radius 2 is 2.00 bits per heavy atom. The van der Waals surface area contributed by atoms with Gasteiger partial charge in [-0.3, -0.25) is 14.9 Å². The monoisotopic (exact) mass is 201 g/mol. The second-order valence-electron chi connectivity index (χ2n) is 2.05. The van der Waals surface area contributed by atoms with Crippen LogP contribution >= 0.6 is 0 Å². The minimum Gasteiger partial charge on any atom is -0.358 e. The summed E-state index contributed by atoms with van der Waals surface area (Å²) < 4.78 is 0. The van der Waals surface area contributed by atoms with E-state index in [4.69, 9.17) is 0 Å². The Labute approximate surface area is 75.2 Å². The fourth-order valence-corrected chi connectivity index (χ4v) is 0.784. The fourth-order valence-electron chi connectivity index (χ4n) is 0.784. The number of nitrogens with one attached hydrogen (secondary N) is 2. The molecule has 0 spiro atoms. The van der Waals surface area contributed by atoms with Crippen molar-refractivity contribution in [3.8, 4) is 0 Å². The van der Waals surface area contributed by atoms with Crippen LogP contribution in [-0.4, -0.2) is 26.5 Å². The van der Waals surface area contributed by atoms with E-state index < -0.39 is 27.2 Å². The predicted molar refractivity (Wildman–Crippen MR) is 41.6 cm³/mol. The highest BCUT2D eigenvalue weighted by molar-refractivity contribution is 5.77. The van der Waals surface area contributed by atoms with E-state index in [1.54, 1.807) is 0 Å². The van der Waals surface area contributed by atoms with E-state index >= 15 is 0 Å². The predicted octanol–water partition coefficient (Wildman–Crippen LogP) is -0.206. The summed E-state index contributed by atoms with van der Waals surface area (Å²) >= 11 is 0. The molecule has 1 heterocycles. The number of hydrogen-bond donors (Lipinski definition) is 2. The Kier molecular flexibility index (Phi) is 2.37. The molecule has 0 aliphatic rings. The van der Waals surface area contributed by atoms with Gasteiger partial charge in [0.25, 0.3) is 5.82 Å². The highest BCUT2D eigenvalue weighted by Gasteiger charge is 2.32. The van der Waals surface area contributed by atoms with Gasteiger partial charge in [-0.25, -0.2) is 0 Å². The number of nitro groups is 2. The summed E-state index contributed by atoms with van der Waals surface area (Å²) in [7, 11) is 0. The number of anilines is 1. The minimum absolute atomic E-state index is 0.132. The molecule has 0 unspecified atom stereocenters. The summed E-state index contributed by atoms with van der Waals surface area (Å²) in [4.78, 5) is 28.6. The maximum atomic E-state index is 10.4. The van der Waals surface area contributed by atoms with Gasteiger partial charge in [-0.15, -0.1) is 5.10 Å². The summed E-state index contributed by atoms with van der Waals surface area (Å²) in [6.07, 6.45) is 0.132. The van der Waals surface area contributed by atoms with Crippen LogP contribution < -0.4 is 5.32 Å². The molecule has 1 aromatic heterocycles. The van der Waals surface area contributed by atoms with Crippen molar-refractivity contribution in [1.29, 1.82) is 0 Å². The molecule has 0 saturated carbocycles. The lowest BCUT2D eigenvalue weighted by Gasteiger charge is -1.90. The molecule has 74 valence electrons. The van der Waals surface area contributed by atoms with E-state index in [0.29, 0.717) is 0 Å². The second kappa shape index (κ2) is 3.47. The smallest absolute Gasteiger partial charge is 0.358 e. The normalized spacial score (nSPS) is 9.43. The van der Waals surface area contributed by atoms with Crippen molar-refractivity contribution in [3.05, 3.63) is 20.2 Å². The molecular formula is C4H3N5O5. The summed E-state index contributed by atoms with van der Waals surface area (Å²) in [6, 6.07) is 0. The highest BCUT2D eigenvalue weighted by Crippen LogP contribution is 2.30. The van der Waals surface area contributed by atoms with E-state index in [9.17, 15) is 25.0 Å². The average molecular weight is 201 g/mol. The quantitative estimate of drug-likeness (QED) is 0.391. The summed E-state index contributed by atoms with van der Waals surface area (Å²) in [5.74, 6) is -1.36. The molecule has 0 fully saturated rings. The van der Waals surface area contributed by atoms with Crippen LogP contribution in [0.25, 0.3) is 0 Å². The number of aromatic amines is 1. The van der Waals surface area contributed by atoms with Crippen molar-refractivity contribution < 1.29 is 14.6 Å². The van der Waals surface area contributed by atoms with Gasteiger partial charge < -0.3 is 15.4 Å². The van der Waals surface area contributed by atoms with Crippen LogP contribution in [0.3, 0.4) is 0 Å². The van der Waals surface area contributed by atoms with E-state index in [-0.39, 0.29) is 6.41 Å². The first kappa shape index (κ1) is 9.57. The molecule has 2 N–H and O–H groups in total. The molecule has 0 aliphatic carbocycles. The summed E-state index contributed by atoms with van der Waals surface area (Å²) in [5, 5.41) is 27.5. The van der Waals surface area contributed by atoms with Crippen molar-refractivity contribution in [3.63, 3.8) is 0 Å². The minimum atomic E-state index is -1.01. The van der Waals surface area contributed by atoms with Crippen LogP contribution in [0.4, 0.5) is 17.3 Å². The van der Waals surface area contributed by atoms with E-state index in [1.165, 1.54) is 0 Å². The van der Waals surface area contributed by atoms with E-state index in [2.05, 4.69) is 5.10 Å². The summed E-state index contributed by atoms with van der Waals surface area (Å²) in [6.45, 7) is 0. The molecule has 1 amide bonds. The van der Waals surface area contributed by atoms with Crippen molar-refractivity contribution in [2.24, 2.45) is 0 Å². The van der Waals surface area contributed by atoms with Gasteiger partial charge in [0.2, 0.25) is 6.41 Å². The third-order valence-corrected chi connectivity index (χ3v) is 1.28. The van der Waals surface area contributed by atoms with E-state index in [0.717, 1.165) is 0 Å². The Balaban J connectivity index is 3.26. The molecule has 0 saturated heterocycles. The molecule has 10 heteroatoms. The van der Waals surface area contributed by atoms with Crippen LogP contribution in [0.2, 0.25) is 0 Å². The molecule has 14 heavy (non-hydrogen) atoms. The molecule has 0 bridgehead atoms. The zero-order valence-electron chi connectivity index (χ0n) is 6.46. The van der Waals surface area contributed by atoms with Crippen LogP contribution in [0, 0.1) is 20.2 Å². The van der Waals surface area contributed by atoms with Gasteiger partial charge in [-0.05, 0) is 4.92 Å². The Morgan fingerprint density at radius 3 is 2.43 bits per heavy atom. The topological polar surface area (TPSA) is 144 Å². The van der Waals surface area contributed by atoms with Gasteiger partial charge in [0.05, 0.1) is 4.92 Å². The van der Waals surface area contributed by atoms with Crippen LogP contribution in [0.5, 0.6) is 0 Å². The van der Waals surface area contributed by atoms with Crippen LogP contribution in [0.1, 0.15) is 0 Å². The van der Waals surface area contributed by atoms with Crippen molar-refractivity contribution >= 4 is 23.7 Å². The lowest BCUT2D eigenvalue weighted by molar-refractivity contribution is -0.424. The van der Waals surface area contributed by atoms with Crippen molar-refractivity contribution in [1.82, 2.24) is 10.2 Å². The second-order valence-corrected chi connectivity index (χ2v) is 2.05. The molecule has 1 rings (SSSR count). The Bertz CT molecular complexity index is 397. The Morgan fingerprint density at radius 1 is 1.36 bits per heavy atom. The zero-order chi connectivity index (χ0) is 10.7. The lowest BCUT2D eigenvalue weighted by atomic mass is 10.5. The molecule has 0 radical (unpaired) electrons. The first-order valence-corrected chi connectivity index (χ1v) is 3.15. The highest BCUT2D eigenvalue weighted by atomic mass is 16.6. The van der Waals surface area contributed by atoms with Gasteiger partial charge in [0.1, 0.15) is 0 Å². The molecule has 0 aromatic carbocycles. The zero-order valence-corrected chi connectivity index (χ0v) is 6.46. The number of carbonyl (C=O) groups excluding carboxylic acids is 1. The average Bonchev–Trinajstić information content (AvgIpc) is 2.48. The summed E-state index contributed by atoms with van der Waals surface area (Å²) in [5.41, 5.74) is -0.873. The number of nitrogens with zero attached hydrogens (tertiary/aromatic N) is 3. The van der Waals surface area contributed by atoms with Crippen molar-refractivity contribution in [2.45, 2.75) is 0 Å². The fraction of sp³-hybridized carbons (Fsp3) is 0. The SMILES string of the molecule is O=CNc1n[nH]c([N+](=O)[O-])c1[N+](=O)[O-]. The number of carbonyl (C=O) groups is 1. The third kappa shape index (κ3) is 1.48. The van der Waals surface area contributed by atoms with Gasteiger partial charge in [0, 0.05) is 0 Å². The van der Waals surface area contributed by atoms with Crippen LogP contribution in [0.15, 0.2) is 0 Å². The number of H-pyrrole nitrogens is 1. The van der Waals surface area contributed by atoms with Crippen molar-refractivity contribution in [2.75, 3.05) is 5.32 Å². The first-order valence-electron chi connectivity index (χ1n) is 3.15. The van der Waals surface area contributed by atoms with Gasteiger partial charge in [-0.1, -0.05) is 5.10 Å². The number of aromatic nitrogens is 2. The third-order valence-electron chi connectivity index (χ3n) is 1.28. The number of hydrogen-bond acceptors (Lipinski definition) is 6. The lowest BCUT2D eigenvalue weighted by Crippen LogP contribution is -1.99. The first-order chi connectivity index (χ1) is 6.57. The van der Waals surface area contributed by atoms with Crippen LogP contribution in [-0.2, 0) is 4.79 Å². The molecular weight excluding hydrogens is 198 g/mol. The van der Waals surface area contributed by atoms with Gasteiger partial charge in [0.15, 0.2) is 0 Å².